The third kappa shape index (κ3) is 3.47. The van der Waals surface area contributed by atoms with E-state index in [1.807, 2.05) is 0 Å². The number of carboxylic acid groups (broad SMARTS) is 1. The molecule has 0 fully saturated rings. The summed E-state index contributed by atoms with van der Waals surface area (Å²) in [6, 6.07) is 3.84. The fraction of sp³-hybridized carbons (Fsp3) is 0.300. The summed E-state index contributed by atoms with van der Waals surface area (Å²) in [7, 11) is 0. The van der Waals surface area contributed by atoms with Gasteiger partial charge in [-0.3, -0.25) is 4.79 Å². The minimum Gasteiger partial charge on any atom is -0.481 e. The van der Waals surface area contributed by atoms with Gasteiger partial charge in [0, 0.05) is 17.0 Å². The smallest absolute Gasteiger partial charge is 0.303 e. The van der Waals surface area contributed by atoms with Gasteiger partial charge < -0.3 is 5.11 Å². The second-order valence-electron chi connectivity index (χ2n) is 3.05. The maximum atomic E-state index is 12.3. The highest BCUT2D eigenvalue weighted by molar-refractivity contribution is 6.31. The molecule has 5 heteroatoms. The summed E-state index contributed by atoms with van der Waals surface area (Å²) >= 11 is 5.75. The van der Waals surface area contributed by atoms with Crippen LogP contribution in [0.15, 0.2) is 18.2 Å². The van der Waals surface area contributed by atoms with E-state index in [0.717, 1.165) is 0 Å². The Bertz CT molecular complexity index is 366. The van der Waals surface area contributed by atoms with Crippen molar-refractivity contribution in [2.75, 3.05) is 0 Å². The molecule has 1 rings (SSSR count). The van der Waals surface area contributed by atoms with E-state index in [-0.39, 0.29) is 18.4 Å². The monoisotopic (exact) mass is 234 g/mol. The Morgan fingerprint density at radius 1 is 1.47 bits per heavy atom. The summed E-state index contributed by atoms with van der Waals surface area (Å²) in [6.45, 7) is 0. The Kier molecular flexibility index (Phi) is 4.03. The summed E-state index contributed by atoms with van der Waals surface area (Å²) in [5.74, 6) is -0.978. The van der Waals surface area contributed by atoms with Gasteiger partial charge in [0.2, 0.25) is 0 Å². The van der Waals surface area contributed by atoms with Crippen molar-refractivity contribution in [3.05, 3.63) is 34.3 Å². The Morgan fingerprint density at radius 3 is 2.67 bits per heavy atom. The zero-order chi connectivity index (χ0) is 11.4. The van der Waals surface area contributed by atoms with Crippen LogP contribution >= 0.6 is 11.6 Å². The first-order valence-electron chi connectivity index (χ1n) is 4.29. The Morgan fingerprint density at radius 2 is 2.13 bits per heavy atom. The van der Waals surface area contributed by atoms with Crippen molar-refractivity contribution in [1.29, 1.82) is 0 Å². The quantitative estimate of drug-likeness (QED) is 0.868. The molecule has 0 aliphatic rings. The van der Waals surface area contributed by atoms with Crippen LogP contribution < -0.4 is 0 Å². The second kappa shape index (κ2) is 5.07. The highest BCUT2D eigenvalue weighted by Gasteiger charge is 2.10. The molecule has 0 aromatic heterocycles. The zero-order valence-electron chi connectivity index (χ0n) is 7.71. The van der Waals surface area contributed by atoms with Gasteiger partial charge in [-0.1, -0.05) is 17.7 Å². The van der Waals surface area contributed by atoms with Gasteiger partial charge in [0.15, 0.2) is 0 Å². The van der Waals surface area contributed by atoms with Crippen LogP contribution in [0.3, 0.4) is 0 Å². The van der Waals surface area contributed by atoms with E-state index in [0.29, 0.717) is 10.6 Å². The van der Waals surface area contributed by atoms with Crippen LogP contribution in [0.1, 0.15) is 24.0 Å². The number of aryl methyl sites for hydroxylation is 1. The highest BCUT2D eigenvalue weighted by Crippen LogP contribution is 2.25. The van der Waals surface area contributed by atoms with Crippen LogP contribution in [0, 0.1) is 0 Å². The van der Waals surface area contributed by atoms with Crippen LogP contribution in [0.4, 0.5) is 8.78 Å². The average molecular weight is 235 g/mol. The highest BCUT2D eigenvalue weighted by atomic mass is 35.5. The summed E-state index contributed by atoms with van der Waals surface area (Å²) in [5, 5.41) is 8.77. The second-order valence-corrected chi connectivity index (χ2v) is 3.45. The largest absolute Gasteiger partial charge is 0.481 e. The molecule has 0 amide bonds. The molecular formula is C10H9ClF2O2. The number of hydrogen-bond acceptors (Lipinski definition) is 1. The number of hydrogen-bond donors (Lipinski definition) is 1. The third-order valence-corrected chi connectivity index (χ3v) is 2.30. The van der Waals surface area contributed by atoms with E-state index < -0.39 is 12.4 Å². The van der Waals surface area contributed by atoms with Crippen LogP contribution in [0.5, 0.6) is 0 Å². The first-order chi connectivity index (χ1) is 7.00. The molecule has 82 valence electrons. The molecule has 0 aliphatic carbocycles. The standard InChI is InChI=1S/C10H9ClF2O2/c11-8-3-1-7(10(12)13)5-6(8)2-4-9(14)15/h1,3,5,10H,2,4H2,(H,14,15). The van der Waals surface area contributed by atoms with E-state index >= 15 is 0 Å². The van der Waals surface area contributed by atoms with Crippen LogP contribution in [0.2, 0.25) is 5.02 Å². The van der Waals surface area contributed by atoms with Crippen molar-refractivity contribution >= 4 is 17.6 Å². The van der Waals surface area contributed by atoms with Gasteiger partial charge in [-0.25, -0.2) is 8.78 Å². The molecule has 0 radical (unpaired) electrons. The lowest BCUT2D eigenvalue weighted by Crippen LogP contribution is -1.99. The van der Waals surface area contributed by atoms with Crippen molar-refractivity contribution < 1.29 is 18.7 Å². The van der Waals surface area contributed by atoms with Crippen LogP contribution in [-0.4, -0.2) is 11.1 Å². The molecule has 0 atom stereocenters. The normalized spacial score (nSPS) is 10.7. The number of aliphatic carboxylic acids is 1. The number of benzene rings is 1. The van der Waals surface area contributed by atoms with E-state index in [2.05, 4.69) is 0 Å². The SMILES string of the molecule is O=C(O)CCc1cc(C(F)F)ccc1Cl. The van der Waals surface area contributed by atoms with Crippen LogP contribution in [-0.2, 0) is 11.2 Å². The minimum absolute atomic E-state index is 0.119. The molecule has 1 aromatic carbocycles. The Balaban J connectivity index is 2.85. The van der Waals surface area contributed by atoms with Gasteiger partial charge in [0.05, 0.1) is 0 Å². The molecule has 0 bridgehead atoms. The minimum atomic E-state index is -2.56. The van der Waals surface area contributed by atoms with E-state index in [1.54, 1.807) is 0 Å². The van der Waals surface area contributed by atoms with Crippen molar-refractivity contribution in [3.63, 3.8) is 0 Å². The molecule has 0 saturated carbocycles. The van der Waals surface area contributed by atoms with Crippen LogP contribution in [0.25, 0.3) is 0 Å². The molecule has 0 aliphatic heterocycles. The first kappa shape index (κ1) is 11.9. The predicted octanol–water partition coefficient (Wildman–Crippen LogP) is 3.29. The van der Waals surface area contributed by atoms with E-state index in [4.69, 9.17) is 16.7 Å². The molecule has 0 heterocycles. The van der Waals surface area contributed by atoms with E-state index in [1.165, 1.54) is 18.2 Å². The number of carboxylic acids is 1. The number of halogens is 3. The predicted molar refractivity (Wildman–Crippen MR) is 52.4 cm³/mol. The maximum absolute atomic E-state index is 12.3. The zero-order valence-corrected chi connectivity index (χ0v) is 8.47. The van der Waals surface area contributed by atoms with Crippen molar-refractivity contribution in [1.82, 2.24) is 0 Å². The third-order valence-electron chi connectivity index (χ3n) is 1.93. The summed E-state index contributed by atoms with van der Waals surface area (Å²) in [5.41, 5.74) is 0.302. The lowest BCUT2D eigenvalue weighted by atomic mass is 10.1. The summed E-state index contributed by atoms with van der Waals surface area (Å²) in [6.07, 6.45) is -2.52. The molecule has 2 nitrogen and oxygen atoms in total. The molecular weight excluding hydrogens is 226 g/mol. The number of rotatable bonds is 4. The van der Waals surface area contributed by atoms with Crippen molar-refractivity contribution in [3.8, 4) is 0 Å². The Hall–Kier alpha value is -1.16. The van der Waals surface area contributed by atoms with Gasteiger partial charge in [0.25, 0.3) is 6.43 Å². The lowest BCUT2D eigenvalue weighted by molar-refractivity contribution is -0.136. The van der Waals surface area contributed by atoms with Gasteiger partial charge in [-0.15, -0.1) is 0 Å². The average Bonchev–Trinajstić information content (AvgIpc) is 2.16. The molecule has 15 heavy (non-hydrogen) atoms. The van der Waals surface area contributed by atoms with Gasteiger partial charge >= 0.3 is 5.97 Å². The topological polar surface area (TPSA) is 37.3 Å². The fourth-order valence-corrected chi connectivity index (χ4v) is 1.38. The van der Waals surface area contributed by atoms with Gasteiger partial charge in [0.1, 0.15) is 0 Å². The van der Waals surface area contributed by atoms with E-state index in [9.17, 15) is 13.6 Å². The summed E-state index contributed by atoms with van der Waals surface area (Å²) < 4.78 is 24.6. The molecule has 1 N–H and O–H groups in total. The molecule has 0 unspecified atom stereocenters. The maximum Gasteiger partial charge on any atom is 0.303 e. The summed E-state index contributed by atoms with van der Waals surface area (Å²) in [4.78, 5) is 10.3. The molecule has 0 spiro atoms. The molecule has 0 saturated heterocycles. The van der Waals surface area contributed by atoms with Gasteiger partial charge in [-0.05, 0) is 24.1 Å². The first-order valence-corrected chi connectivity index (χ1v) is 4.66. The van der Waals surface area contributed by atoms with Gasteiger partial charge in [-0.2, -0.15) is 0 Å². The fourth-order valence-electron chi connectivity index (χ4n) is 1.16. The van der Waals surface area contributed by atoms with Crippen molar-refractivity contribution in [2.24, 2.45) is 0 Å². The molecule has 1 aromatic rings. The number of carbonyl (C=O) groups is 1. The number of alkyl halides is 2. The Labute approximate surface area is 90.5 Å². The lowest BCUT2D eigenvalue weighted by Gasteiger charge is -2.05. The van der Waals surface area contributed by atoms with Crippen molar-refractivity contribution in [2.45, 2.75) is 19.3 Å².